The second kappa shape index (κ2) is 6.98. The van der Waals surface area contributed by atoms with Crippen molar-refractivity contribution in [2.45, 2.75) is 32.0 Å². The Morgan fingerprint density at radius 3 is 3.00 bits per heavy atom. The Balaban J connectivity index is 1.97. The van der Waals surface area contributed by atoms with Crippen LogP contribution in [-0.2, 0) is 9.47 Å². The van der Waals surface area contributed by atoms with Gasteiger partial charge in [-0.3, -0.25) is 0 Å². The maximum absolute atomic E-state index is 5.65. The van der Waals surface area contributed by atoms with E-state index in [2.05, 4.69) is 24.4 Å². The molecule has 14 heavy (non-hydrogen) atoms. The molecule has 0 bridgehead atoms. The van der Waals surface area contributed by atoms with E-state index in [1.54, 1.807) is 7.11 Å². The van der Waals surface area contributed by atoms with Crippen LogP contribution < -0.4 is 5.32 Å². The summed E-state index contributed by atoms with van der Waals surface area (Å²) in [6, 6.07) is 0. The average molecular weight is 199 g/mol. The van der Waals surface area contributed by atoms with Crippen molar-refractivity contribution < 1.29 is 9.47 Å². The molecule has 0 aromatic rings. The molecule has 1 aliphatic rings. The Labute approximate surface area is 86.5 Å². The lowest BCUT2D eigenvalue weighted by Gasteiger charge is -2.05. The van der Waals surface area contributed by atoms with E-state index in [0.29, 0.717) is 12.2 Å². The Bertz CT molecular complexity index is 171. The summed E-state index contributed by atoms with van der Waals surface area (Å²) in [6.07, 6.45) is 7.42. The molecule has 1 fully saturated rings. The van der Waals surface area contributed by atoms with E-state index in [9.17, 15) is 0 Å². The molecule has 3 nitrogen and oxygen atoms in total. The zero-order valence-electron chi connectivity index (χ0n) is 9.16. The Kier molecular flexibility index (Phi) is 5.83. The number of hydrogen-bond donors (Lipinski definition) is 1. The molecular weight excluding hydrogens is 178 g/mol. The van der Waals surface area contributed by atoms with Crippen molar-refractivity contribution in [3.05, 3.63) is 12.2 Å². The van der Waals surface area contributed by atoms with Crippen molar-refractivity contribution in [1.82, 2.24) is 5.32 Å². The number of ether oxygens (including phenoxy) is 2. The first-order valence-electron chi connectivity index (χ1n) is 5.34. The van der Waals surface area contributed by atoms with Crippen molar-refractivity contribution in [2.75, 3.05) is 26.8 Å². The van der Waals surface area contributed by atoms with Crippen LogP contribution in [0.2, 0.25) is 0 Å². The molecule has 0 aromatic heterocycles. The summed E-state index contributed by atoms with van der Waals surface area (Å²) in [5.74, 6) is 0. The van der Waals surface area contributed by atoms with Crippen LogP contribution in [0.25, 0.3) is 0 Å². The molecule has 0 aliphatic carbocycles. The monoisotopic (exact) mass is 199 g/mol. The summed E-state index contributed by atoms with van der Waals surface area (Å²) >= 11 is 0. The molecule has 0 saturated carbocycles. The van der Waals surface area contributed by atoms with Gasteiger partial charge in [0.25, 0.3) is 0 Å². The van der Waals surface area contributed by atoms with Crippen molar-refractivity contribution in [3.63, 3.8) is 0 Å². The molecule has 0 spiro atoms. The standard InChI is InChI=1S/C11H21NO2/c1-10-5-6-11(14-10)4-3-7-12-8-9-13-2/h3-4,10-12H,5-9H2,1-2H3/b4-3+. The lowest BCUT2D eigenvalue weighted by Crippen LogP contribution is -2.19. The molecule has 1 rings (SSSR count). The molecule has 1 N–H and O–H groups in total. The fourth-order valence-corrected chi connectivity index (χ4v) is 1.55. The van der Waals surface area contributed by atoms with Crippen LogP contribution in [0.15, 0.2) is 12.2 Å². The van der Waals surface area contributed by atoms with Crippen LogP contribution in [0.1, 0.15) is 19.8 Å². The first-order chi connectivity index (χ1) is 6.83. The fraction of sp³-hybridized carbons (Fsp3) is 0.818. The first kappa shape index (κ1) is 11.7. The zero-order chi connectivity index (χ0) is 10.2. The zero-order valence-corrected chi connectivity index (χ0v) is 9.16. The van der Waals surface area contributed by atoms with Gasteiger partial charge in [-0.2, -0.15) is 0 Å². The van der Waals surface area contributed by atoms with Crippen molar-refractivity contribution >= 4 is 0 Å². The Morgan fingerprint density at radius 1 is 1.50 bits per heavy atom. The van der Waals surface area contributed by atoms with Gasteiger partial charge in [-0.25, -0.2) is 0 Å². The summed E-state index contributed by atoms with van der Waals surface area (Å²) < 4.78 is 10.6. The van der Waals surface area contributed by atoms with Crippen LogP contribution in [0.5, 0.6) is 0 Å². The second-order valence-corrected chi connectivity index (χ2v) is 3.69. The lowest BCUT2D eigenvalue weighted by atomic mass is 10.2. The average Bonchev–Trinajstić information content (AvgIpc) is 2.58. The summed E-state index contributed by atoms with van der Waals surface area (Å²) in [7, 11) is 1.71. The minimum Gasteiger partial charge on any atom is -0.383 e. The summed E-state index contributed by atoms with van der Waals surface area (Å²) in [5, 5.41) is 3.25. The Morgan fingerprint density at radius 2 is 2.36 bits per heavy atom. The molecule has 0 aromatic carbocycles. The van der Waals surface area contributed by atoms with E-state index in [-0.39, 0.29) is 0 Å². The molecule has 3 heteroatoms. The van der Waals surface area contributed by atoms with Crippen molar-refractivity contribution in [1.29, 1.82) is 0 Å². The highest BCUT2D eigenvalue weighted by molar-refractivity contribution is 4.93. The molecule has 2 atom stereocenters. The predicted molar refractivity (Wildman–Crippen MR) is 57.5 cm³/mol. The van der Waals surface area contributed by atoms with Gasteiger partial charge in [0.05, 0.1) is 18.8 Å². The van der Waals surface area contributed by atoms with Crippen LogP contribution in [-0.4, -0.2) is 39.0 Å². The minimum atomic E-state index is 0.342. The maximum Gasteiger partial charge on any atom is 0.0760 e. The topological polar surface area (TPSA) is 30.5 Å². The van der Waals surface area contributed by atoms with E-state index in [1.807, 2.05) is 0 Å². The van der Waals surface area contributed by atoms with Gasteiger partial charge in [0.15, 0.2) is 0 Å². The molecule has 0 radical (unpaired) electrons. The normalized spacial score (nSPS) is 27.6. The van der Waals surface area contributed by atoms with E-state index >= 15 is 0 Å². The van der Waals surface area contributed by atoms with Gasteiger partial charge in [-0.1, -0.05) is 12.2 Å². The number of hydrogen-bond acceptors (Lipinski definition) is 3. The molecule has 0 amide bonds. The molecule has 1 aliphatic heterocycles. The van der Waals surface area contributed by atoms with Crippen LogP contribution in [0, 0.1) is 0 Å². The second-order valence-electron chi connectivity index (χ2n) is 3.69. The van der Waals surface area contributed by atoms with Gasteiger partial charge in [0.2, 0.25) is 0 Å². The SMILES string of the molecule is COCCNC/C=C/C1CCC(C)O1. The number of nitrogens with one attached hydrogen (secondary N) is 1. The summed E-state index contributed by atoms with van der Waals surface area (Å²) in [4.78, 5) is 0. The highest BCUT2D eigenvalue weighted by Gasteiger charge is 2.18. The van der Waals surface area contributed by atoms with Crippen molar-refractivity contribution in [2.24, 2.45) is 0 Å². The molecule has 1 heterocycles. The Hall–Kier alpha value is -0.380. The molecule has 1 saturated heterocycles. The highest BCUT2D eigenvalue weighted by atomic mass is 16.5. The van der Waals surface area contributed by atoms with E-state index in [4.69, 9.17) is 9.47 Å². The van der Waals surface area contributed by atoms with Gasteiger partial charge in [-0.15, -0.1) is 0 Å². The summed E-state index contributed by atoms with van der Waals surface area (Å²) in [6.45, 7) is 4.70. The van der Waals surface area contributed by atoms with Gasteiger partial charge in [-0.05, 0) is 19.8 Å². The third kappa shape index (κ3) is 4.74. The first-order valence-corrected chi connectivity index (χ1v) is 5.34. The third-order valence-electron chi connectivity index (χ3n) is 2.36. The van der Waals surface area contributed by atoms with Crippen LogP contribution in [0.4, 0.5) is 0 Å². The van der Waals surface area contributed by atoms with Gasteiger partial charge < -0.3 is 14.8 Å². The lowest BCUT2D eigenvalue weighted by molar-refractivity contribution is 0.0832. The van der Waals surface area contributed by atoms with Crippen molar-refractivity contribution in [3.8, 4) is 0 Å². The molecule has 82 valence electrons. The largest absolute Gasteiger partial charge is 0.383 e. The van der Waals surface area contributed by atoms with E-state index < -0.39 is 0 Å². The van der Waals surface area contributed by atoms with Crippen LogP contribution >= 0.6 is 0 Å². The van der Waals surface area contributed by atoms with Gasteiger partial charge >= 0.3 is 0 Å². The molecular formula is C11H21NO2. The molecule has 2 unspecified atom stereocenters. The third-order valence-corrected chi connectivity index (χ3v) is 2.36. The quantitative estimate of drug-likeness (QED) is 0.517. The van der Waals surface area contributed by atoms with Gasteiger partial charge in [0, 0.05) is 20.2 Å². The number of methoxy groups -OCH3 is 1. The fourth-order valence-electron chi connectivity index (χ4n) is 1.55. The van der Waals surface area contributed by atoms with E-state index in [1.165, 1.54) is 6.42 Å². The summed E-state index contributed by atoms with van der Waals surface area (Å²) in [5.41, 5.74) is 0. The van der Waals surface area contributed by atoms with Gasteiger partial charge in [0.1, 0.15) is 0 Å². The highest BCUT2D eigenvalue weighted by Crippen LogP contribution is 2.19. The maximum atomic E-state index is 5.65. The van der Waals surface area contributed by atoms with E-state index in [0.717, 1.165) is 26.1 Å². The minimum absolute atomic E-state index is 0.342. The predicted octanol–water partition coefficient (Wildman–Crippen LogP) is 1.35. The number of rotatable bonds is 6. The smallest absolute Gasteiger partial charge is 0.0760 e. The van der Waals surface area contributed by atoms with Crippen LogP contribution in [0.3, 0.4) is 0 Å².